The summed E-state index contributed by atoms with van der Waals surface area (Å²) in [5.41, 5.74) is 1.95. The third-order valence-electron chi connectivity index (χ3n) is 3.13. The van der Waals surface area contributed by atoms with E-state index in [1.165, 1.54) is 0 Å². The summed E-state index contributed by atoms with van der Waals surface area (Å²) in [5, 5.41) is 10.4. The Morgan fingerprint density at radius 1 is 1.00 bits per heavy atom. The molecule has 0 atom stereocenters. The van der Waals surface area contributed by atoms with Crippen LogP contribution >= 0.6 is 11.3 Å². The molecule has 4 nitrogen and oxygen atoms in total. The van der Waals surface area contributed by atoms with Crippen molar-refractivity contribution in [1.82, 2.24) is 20.2 Å². The van der Waals surface area contributed by atoms with Crippen molar-refractivity contribution in [1.29, 1.82) is 0 Å². The molecule has 0 bridgehead atoms. The minimum absolute atomic E-state index is 0.701. The first-order valence-corrected chi connectivity index (χ1v) is 7.10. The molecule has 0 saturated heterocycles. The fourth-order valence-electron chi connectivity index (χ4n) is 2.20. The van der Waals surface area contributed by atoms with Crippen LogP contribution in [0.25, 0.3) is 33.0 Å². The fraction of sp³-hybridized carbons (Fsp3) is 0. The lowest BCUT2D eigenvalue weighted by atomic mass is 10.1. The van der Waals surface area contributed by atoms with Crippen molar-refractivity contribution in [2.75, 3.05) is 0 Å². The molecule has 3 heterocycles. The Labute approximate surface area is 119 Å². The van der Waals surface area contributed by atoms with Crippen molar-refractivity contribution in [2.24, 2.45) is 0 Å². The molecular formula is C15H10N4S. The zero-order chi connectivity index (χ0) is 13.4. The standard InChI is InChI=1S/C15H10N4S/c1-4-11(10-5-2-8-16-12(10)6-1)14-17-15(19-18-14)13-7-3-9-20-13/h1-9H,(H,17,18,19). The molecular weight excluding hydrogens is 268 g/mol. The molecule has 0 amide bonds. The lowest BCUT2D eigenvalue weighted by Gasteiger charge is -2.01. The molecule has 3 aromatic heterocycles. The highest BCUT2D eigenvalue weighted by Crippen LogP contribution is 2.27. The van der Waals surface area contributed by atoms with Crippen LogP contribution in [0.15, 0.2) is 54.0 Å². The number of H-pyrrole nitrogens is 1. The van der Waals surface area contributed by atoms with Crippen molar-refractivity contribution in [3.63, 3.8) is 0 Å². The predicted octanol–water partition coefficient (Wildman–Crippen LogP) is 3.75. The van der Waals surface area contributed by atoms with E-state index in [1.807, 2.05) is 47.8 Å². The van der Waals surface area contributed by atoms with E-state index in [1.54, 1.807) is 17.5 Å². The van der Waals surface area contributed by atoms with Gasteiger partial charge in [-0.3, -0.25) is 10.1 Å². The van der Waals surface area contributed by atoms with Gasteiger partial charge in [-0.15, -0.1) is 11.3 Å². The van der Waals surface area contributed by atoms with Gasteiger partial charge in [0.25, 0.3) is 0 Å². The molecule has 0 fully saturated rings. The lowest BCUT2D eigenvalue weighted by Crippen LogP contribution is -1.85. The van der Waals surface area contributed by atoms with Gasteiger partial charge in [-0.05, 0) is 23.6 Å². The van der Waals surface area contributed by atoms with Crippen LogP contribution in [0.3, 0.4) is 0 Å². The number of aromatic nitrogens is 4. The van der Waals surface area contributed by atoms with Gasteiger partial charge in [0.05, 0.1) is 10.4 Å². The molecule has 96 valence electrons. The Morgan fingerprint density at radius 2 is 2.00 bits per heavy atom. The van der Waals surface area contributed by atoms with Crippen LogP contribution in [-0.2, 0) is 0 Å². The Balaban J connectivity index is 1.88. The molecule has 0 radical (unpaired) electrons. The zero-order valence-electron chi connectivity index (χ0n) is 10.4. The summed E-state index contributed by atoms with van der Waals surface area (Å²) >= 11 is 1.64. The Bertz CT molecular complexity index is 859. The van der Waals surface area contributed by atoms with E-state index in [4.69, 9.17) is 0 Å². The van der Waals surface area contributed by atoms with Gasteiger partial charge in [-0.2, -0.15) is 5.10 Å². The number of fused-ring (bicyclic) bond motifs is 1. The van der Waals surface area contributed by atoms with E-state index in [2.05, 4.69) is 20.2 Å². The van der Waals surface area contributed by atoms with Gasteiger partial charge >= 0.3 is 0 Å². The maximum Gasteiger partial charge on any atom is 0.182 e. The molecule has 0 unspecified atom stereocenters. The number of nitrogens with zero attached hydrogens (tertiary/aromatic N) is 3. The Morgan fingerprint density at radius 3 is 2.90 bits per heavy atom. The van der Waals surface area contributed by atoms with Gasteiger partial charge in [0.2, 0.25) is 0 Å². The van der Waals surface area contributed by atoms with E-state index < -0.39 is 0 Å². The minimum atomic E-state index is 0.701. The summed E-state index contributed by atoms with van der Waals surface area (Å²) < 4.78 is 0. The van der Waals surface area contributed by atoms with Gasteiger partial charge in [0.15, 0.2) is 11.6 Å². The number of rotatable bonds is 2. The van der Waals surface area contributed by atoms with Gasteiger partial charge < -0.3 is 0 Å². The number of benzene rings is 1. The lowest BCUT2D eigenvalue weighted by molar-refractivity contribution is 1.10. The number of hydrogen-bond acceptors (Lipinski definition) is 4. The largest absolute Gasteiger partial charge is 0.258 e. The molecule has 0 aliphatic rings. The number of aromatic amines is 1. The second-order valence-electron chi connectivity index (χ2n) is 4.36. The van der Waals surface area contributed by atoms with Gasteiger partial charge in [-0.25, -0.2) is 4.98 Å². The average molecular weight is 278 g/mol. The summed E-state index contributed by atoms with van der Waals surface area (Å²) in [6.07, 6.45) is 1.79. The first kappa shape index (κ1) is 11.3. The van der Waals surface area contributed by atoms with Crippen molar-refractivity contribution < 1.29 is 0 Å². The van der Waals surface area contributed by atoms with Crippen molar-refractivity contribution in [3.05, 3.63) is 54.0 Å². The van der Waals surface area contributed by atoms with Crippen LogP contribution in [0.1, 0.15) is 0 Å². The van der Waals surface area contributed by atoms with Gasteiger partial charge in [0, 0.05) is 17.1 Å². The number of thiophene rings is 1. The van der Waals surface area contributed by atoms with Gasteiger partial charge in [0.1, 0.15) is 0 Å². The molecule has 4 aromatic rings. The summed E-state index contributed by atoms with van der Waals surface area (Å²) in [6, 6.07) is 14.0. The van der Waals surface area contributed by atoms with Crippen molar-refractivity contribution in [2.45, 2.75) is 0 Å². The van der Waals surface area contributed by atoms with E-state index in [0.29, 0.717) is 5.82 Å². The Kier molecular flexibility index (Phi) is 2.57. The van der Waals surface area contributed by atoms with Crippen molar-refractivity contribution in [3.8, 4) is 22.1 Å². The highest BCUT2D eigenvalue weighted by atomic mass is 32.1. The fourth-order valence-corrected chi connectivity index (χ4v) is 2.87. The molecule has 1 N–H and O–H groups in total. The first-order chi connectivity index (χ1) is 9.92. The molecule has 0 saturated carbocycles. The third-order valence-corrected chi connectivity index (χ3v) is 4.00. The van der Waals surface area contributed by atoms with E-state index >= 15 is 0 Å². The SMILES string of the molecule is c1csc(-c2nc(-c3cccc4ncccc34)n[nH]2)c1. The van der Waals surface area contributed by atoms with Crippen LogP contribution in [0.4, 0.5) is 0 Å². The summed E-state index contributed by atoms with van der Waals surface area (Å²) in [4.78, 5) is 10.0. The number of hydrogen-bond donors (Lipinski definition) is 1. The molecule has 0 aliphatic heterocycles. The topological polar surface area (TPSA) is 54.5 Å². The van der Waals surface area contributed by atoms with Crippen molar-refractivity contribution >= 4 is 22.2 Å². The highest BCUT2D eigenvalue weighted by molar-refractivity contribution is 7.13. The minimum Gasteiger partial charge on any atom is -0.258 e. The highest BCUT2D eigenvalue weighted by Gasteiger charge is 2.11. The molecule has 20 heavy (non-hydrogen) atoms. The first-order valence-electron chi connectivity index (χ1n) is 6.22. The molecule has 0 spiro atoms. The quantitative estimate of drug-likeness (QED) is 0.607. The molecule has 5 heteroatoms. The van der Waals surface area contributed by atoms with E-state index in [0.717, 1.165) is 27.2 Å². The van der Waals surface area contributed by atoms with Crippen LogP contribution in [0.2, 0.25) is 0 Å². The number of pyridine rings is 1. The second kappa shape index (κ2) is 4.54. The predicted molar refractivity (Wildman–Crippen MR) is 80.4 cm³/mol. The summed E-state index contributed by atoms with van der Waals surface area (Å²) in [5.74, 6) is 1.50. The van der Waals surface area contributed by atoms with E-state index in [9.17, 15) is 0 Å². The van der Waals surface area contributed by atoms with Crippen LogP contribution in [-0.4, -0.2) is 20.2 Å². The molecule has 0 aliphatic carbocycles. The normalized spacial score (nSPS) is 11.0. The second-order valence-corrected chi connectivity index (χ2v) is 5.31. The molecule has 4 rings (SSSR count). The van der Waals surface area contributed by atoms with E-state index in [-0.39, 0.29) is 0 Å². The van der Waals surface area contributed by atoms with Crippen LogP contribution in [0.5, 0.6) is 0 Å². The van der Waals surface area contributed by atoms with Gasteiger partial charge in [-0.1, -0.05) is 24.3 Å². The number of nitrogens with one attached hydrogen (secondary N) is 1. The summed E-state index contributed by atoms with van der Waals surface area (Å²) in [6.45, 7) is 0. The maximum absolute atomic E-state index is 4.59. The van der Waals surface area contributed by atoms with Crippen LogP contribution < -0.4 is 0 Å². The summed E-state index contributed by atoms with van der Waals surface area (Å²) in [7, 11) is 0. The zero-order valence-corrected chi connectivity index (χ0v) is 11.3. The average Bonchev–Trinajstić information content (AvgIpc) is 3.17. The maximum atomic E-state index is 4.59. The smallest absolute Gasteiger partial charge is 0.182 e. The van der Waals surface area contributed by atoms with Crippen LogP contribution in [0, 0.1) is 0 Å². The molecule has 1 aromatic carbocycles. The monoisotopic (exact) mass is 278 g/mol. The third kappa shape index (κ3) is 1.80. The Hall–Kier alpha value is -2.53.